The Morgan fingerprint density at radius 3 is 2.56 bits per heavy atom. The Morgan fingerprint density at radius 2 is 2.00 bits per heavy atom. The van der Waals surface area contributed by atoms with Crippen LogP contribution in [0, 0.1) is 5.82 Å². The second-order valence-corrected chi connectivity index (χ2v) is 5.23. The van der Waals surface area contributed by atoms with Gasteiger partial charge in [-0.2, -0.15) is 4.39 Å². The standard InChI is InChI=1S/C13H17ClFNO2/c1-18-12-8(7-9(14)11(17)10(12)15)13(16)5-3-2-4-6-13/h7,17H,2-6,16H2,1H3. The highest BCUT2D eigenvalue weighted by atomic mass is 35.5. The Labute approximate surface area is 111 Å². The van der Waals surface area contributed by atoms with Gasteiger partial charge in [0.25, 0.3) is 0 Å². The van der Waals surface area contributed by atoms with Crippen molar-refractivity contribution in [1.82, 2.24) is 0 Å². The summed E-state index contributed by atoms with van der Waals surface area (Å²) in [5.74, 6) is -1.42. The normalized spacial score (nSPS) is 18.7. The number of methoxy groups -OCH3 is 1. The molecular formula is C13H17ClFNO2. The lowest BCUT2D eigenvalue weighted by Gasteiger charge is -2.35. The zero-order valence-corrected chi connectivity index (χ0v) is 11.1. The minimum atomic E-state index is -0.838. The Morgan fingerprint density at radius 1 is 1.39 bits per heavy atom. The summed E-state index contributed by atoms with van der Waals surface area (Å²) >= 11 is 5.83. The highest BCUT2D eigenvalue weighted by molar-refractivity contribution is 6.32. The molecule has 0 bridgehead atoms. The van der Waals surface area contributed by atoms with E-state index in [2.05, 4.69) is 0 Å². The lowest BCUT2D eigenvalue weighted by atomic mass is 9.77. The van der Waals surface area contributed by atoms with E-state index < -0.39 is 17.1 Å². The second-order valence-electron chi connectivity index (χ2n) is 4.82. The molecule has 1 saturated carbocycles. The zero-order valence-electron chi connectivity index (χ0n) is 10.3. The van der Waals surface area contributed by atoms with Gasteiger partial charge < -0.3 is 15.6 Å². The molecule has 0 unspecified atom stereocenters. The molecule has 18 heavy (non-hydrogen) atoms. The van der Waals surface area contributed by atoms with Crippen molar-refractivity contribution < 1.29 is 14.2 Å². The van der Waals surface area contributed by atoms with Gasteiger partial charge in [-0.3, -0.25) is 0 Å². The minimum absolute atomic E-state index is 0.00120. The van der Waals surface area contributed by atoms with Crippen molar-refractivity contribution in [2.24, 2.45) is 5.73 Å². The van der Waals surface area contributed by atoms with Gasteiger partial charge in [-0.1, -0.05) is 30.9 Å². The topological polar surface area (TPSA) is 55.5 Å². The van der Waals surface area contributed by atoms with E-state index in [1.807, 2.05) is 0 Å². The van der Waals surface area contributed by atoms with Crippen LogP contribution >= 0.6 is 11.6 Å². The van der Waals surface area contributed by atoms with Crippen LogP contribution in [-0.4, -0.2) is 12.2 Å². The van der Waals surface area contributed by atoms with E-state index >= 15 is 0 Å². The lowest BCUT2D eigenvalue weighted by Crippen LogP contribution is -2.39. The van der Waals surface area contributed by atoms with Crippen LogP contribution in [0.5, 0.6) is 11.5 Å². The number of phenolic OH excluding ortho intramolecular Hbond substituents is 1. The fraction of sp³-hybridized carbons (Fsp3) is 0.538. The minimum Gasteiger partial charge on any atom is -0.504 e. The van der Waals surface area contributed by atoms with Gasteiger partial charge in [-0.25, -0.2) is 0 Å². The molecule has 1 fully saturated rings. The number of rotatable bonds is 2. The highest BCUT2D eigenvalue weighted by Gasteiger charge is 2.34. The molecule has 0 atom stereocenters. The summed E-state index contributed by atoms with van der Waals surface area (Å²) in [5, 5.41) is 9.47. The van der Waals surface area contributed by atoms with E-state index in [0.29, 0.717) is 5.56 Å². The van der Waals surface area contributed by atoms with Crippen LogP contribution in [0.4, 0.5) is 4.39 Å². The molecule has 0 heterocycles. The molecule has 100 valence electrons. The largest absolute Gasteiger partial charge is 0.504 e. The Balaban J connectivity index is 2.55. The summed E-state index contributed by atoms with van der Waals surface area (Å²) < 4.78 is 19.0. The van der Waals surface area contributed by atoms with Crippen molar-refractivity contribution >= 4 is 11.6 Å². The summed E-state index contributed by atoms with van der Waals surface area (Å²) in [5.41, 5.74) is 6.28. The fourth-order valence-corrected chi connectivity index (χ4v) is 2.80. The first-order valence-electron chi connectivity index (χ1n) is 6.04. The quantitative estimate of drug-likeness (QED) is 0.869. The second kappa shape index (κ2) is 4.94. The third kappa shape index (κ3) is 2.15. The molecular weight excluding hydrogens is 257 g/mol. The number of aromatic hydroxyl groups is 1. The smallest absolute Gasteiger partial charge is 0.208 e. The molecule has 1 aromatic rings. The van der Waals surface area contributed by atoms with E-state index in [1.54, 1.807) is 0 Å². The van der Waals surface area contributed by atoms with Gasteiger partial charge >= 0.3 is 0 Å². The molecule has 5 heteroatoms. The van der Waals surface area contributed by atoms with E-state index in [0.717, 1.165) is 32.1 Å². The van der Waals surface area contributed by atoms with Crippen molar-refractivity contribution in [3.63, 3.8) is 0 Å². The van der Waals surface area contributed by atoms with Gasteiger partial charge in [-0.05, 0) is 18.9 Å². The highest BCUT2D eigenvalue weighted by Crippen LogP contribution is 2.44. The van der Waals surface area contributed by atoms with Crippen molar-refractivity contribution in [2.45, 2.75) is 37.6 Å². The van der Waals surface area contributed by atoms with Crippen LogP contribution in [-0.2, 0) is 5.54 Å². The summed E-state index contributed by atoms with van der Waals surface area (Å²) in [4.78, 5) is 0. The molecule has 1 aliphatic carbocycles. The maximum absolute atomic E-state index is 13.9. The van der Waals surface area contributed by atoms with Gasteiger partial charge in [0, 0.05) is 11.1 Å². The maximum Gasteiger partial charge on any atom is 0.208 e. The Hall–Kier alpha value is -1.00. The number of benzene rings is 1. The predicted octanol–water partition coefficient (Wildman–Crippen LogP) is 3.31. The van der Waals surface area contributed by atoms with Crippen LogP contribution < -0.4 is 10.5 Å². The lowest BCUT2D eigenvalue weighted by molar-refractivity contribution is 0.281. The van der Waals surface area contributed by atoms with Crippen LogP contribution in [0.15, 0.2) is 6.07 Å². The number of hydrogen-bond acceptors (Lipinski definition) is 3. The maximum atomic E-state index is 13.9. The third-order valence-corrected chi connectivity index (χ3v) is 3.92. The number of phenols is 1. The monoisotopic (exact) mass is 273 g/mol. The number of halogens is 2. The van der Waals surface area contributed by atoms with Crippen LogP contribution in [0.25, 0.3) is 0 Å². The molecule has 0 aromatic heterocycles. The number of hydrogen-bond donors (Lipinski definition) is 2. The number of nitrogens with two attached hydrogens (primary N) is 1. The Bertz CT molecular complexity index is 459. The molecule has 1 aliphatic rings. The summed E-state index contributed by atoms with van der Waals surface area (Å²) in [7, 11) is 1.36. The summed E-state index contributed by atoms with van der Waals surface area (Å²) in [6, 6.07) is 1.52. The fourth-order valence-electron chi connectivity index (χ4n) is 2.61. The van der Waals surface area contributed by atoms with Crippen LogP contribution in [0.3, 0.4) is 0 Å². The van der Waals surface area contributed by atoms with Crippen molar-refractivity contribution in [1.29, 1.82) is 0 Å². The third-order valence-electron chi connectivity index (χ3n) is 3.64. The molecule has 3 N–H and O–H groups in total. The van der Waals surface area contributed by atoms with E-state index in [4.69, 9.17) is 22.1 Å². The average Bonchev–Trinajstić information content (AvgIpc) is 2.36. The van der Waals surface area contributed by atoms with Crippen LogP contribution in [0.2, 0.25) is 5.02 Å². The first-order chi connectivity index (χ1) is 8.49. The molecule has 0 amide bonds. The Kier molecular flexibility index (Phi) is 3.69. The molecule has 3 nitrogen and oxygen atoms in total. The first kappa shape index (κ1) is 13.4. The van der Waals surface area contributed by atoms with Gasteiger partial charge in [0.05, 0.1) is 12.1 Å². The molecule has 2 rings (SSSR count). The van der Waals surface area contributed by atoms with Crippen molar-refractivity contribution in [2.75, 3.05) is 7.11 Å². The zero-order chi connectivity index (χ0) is 13.3. The predicted molar refractivity (Wildman–Crippen MR) is 68.6 cm³/mol. The molecule has 0 radical (unpaired) electrons. The first-order valence-corrected chi connectivity index (χ1v) is 6.42. The molecule has 0 spiro atoms. The summed E-state index contributed by atoms with van der Waals surface area (Å²) in [6.45, 7) is 0. The van der Waals surface area contributed by atoms with Crippen molar-refractivity contribution in [3.05, 3.63) is 22.5 Å². The van der Waals surface area contributed by atoms with Crippen molar-refractivity contribution in [3.8, 4) is 11.5 Å². The van der Waals surface area contributed by atoms with E-state index in [-0.39, 0.29) is 10.8 Å². The molecule has 1 aromatic carbocycles. The summed E-state index contributed by atoms with van der Waals surface area (Å²) in [6.07, 6.45) is 4.67. The number of ether oxygens (including phenoxy) is 1. The molecule has 0 aliphatic heterocycles. The SMILES string of the molecule is COc1c(C2(N)CCCCC2)cc(Cl)c(O)c1F. The van der Waals surface area contributed by atoms with Gasteiger partial charge in [0.2, 0.25) is 5.82 Å². The van der Waals surface area contributed by atoms with Crippen LogP contribution in [0.1, 0.15) is 37.7 Å². The van der Waals surface area contributed by atoms with Gasteiger partial charge in [0.1, 0.15) is 0 Å². The van der Waals surface area contributed by atoms with Gasteiger partial charge in [0.15, 0.2) is 11.5 Å². The van der Waals surface area contributed by atoms with E-state index in [1.165, 1.54) is 13.2 Å². The van der Waals surface area contributed by atoms with Gasteiger partial charge in [-0.15, -0.1) is 0 Å². The average molecular weight is 274 g/mol. The molecule has 0 saturated heterocycles. The van der Waals surface area contributed by atoms with E-state index in [9.17, 15) is 9.50 Å².